The number of benzene rings is 3. The van der Waals surface area contributed by atoms with Gasteiger partial charge >= 0.3 is 0 Å². The Morgan fingerprint density at radius 2 is 1.36 bits per heavy atom. The van der Waals surface area contributed by atoms with Crippen LogP contribution in [-0.2, 0) is 6.42 Å². The second-order valence-corrected chi connectivity index (χ2v) is 6.48. The van der Waals surface area contributed by atoms with Crippen LogP contribution >= 0.6 is 0 Å². The lowest BCUT2D eigenvalue weighted by atomic mass is 9.91. The molecule has 4 rings (SSSR count). The number of hydrogen-bond acceptors (Lipinski definition) is 0. The van der Waals surface area contributed by atoms with Gasteiger partial charge < -0.3 is 0 Å². The fourth-order valence-corrected chi connectivity index (χ4v) is 3.91. The molecule has 3 aromatic carbocycles. The molecule has 0 saturated carbocycles. The third kappa shape index (κ3) is 1.99. The quantitative estimate of drug-likeness (QED) is 0.411. The van der Waals surface area contributed by atoms with E-state index in [0.29, 0.717) is 0 Å². The molecule has 0 amide bonds. The number of rotatable bonds is 1. The molecule has 1 aliphatic carbocycles. The zero-order chi connectivity index (χ0) is 15.3. The first-order chi connectivity index (χ1) is 10.6. The lowest BCUT2D eigenvalue weighted by Gasteiger charge is -2.13. The molecule has 0 saturated heterocycles. The summed E-state index contributed by atoms with van der Waals surface area (Å²) in [6.45, 7) is 6.61. The maximum Gasteiger partial charge on any atom is -0.00134 e. The first-order valence-electron chi connectivity index (χ1n) is 7.93. The van der Waals surface area contributed by atoms with Crippen LogP contribution in [0.15, 0.2) is 54.6 Å². The van der Waals surface area contributed by atoms with E-state index in [1.807, 2.05) is 0 Å². The summed E-state index contributed by atoms with van der Waals surface area (Å²) < 4.78 is 0. The van der Waals surface area contributed by atoms with Gasteiger partial charge in [-0.15, -0.1) is 0 Å². The van der Waals surface area contributed by atoms with Crippen LogP contribution < -0.4 is 0 Å². The SMILES string of the molecule is Cc1cc(C)c(-c2ccc3c(c2)-c2ccccc2C3)c(C)c1. The molecule has 3 aromatic rings. The van der Waals surface area contributed by atoms with Crippen LogP contribution in [0.25, 0.3) is 22.3 Å². The highest BCUT2D eigenvalue weighted by atomic mass is 14.2. The van der Waals surface area contributed by atoms with Crippen molar-refractivity contribution in [1.82, 2.24) is 0 Å². The summed E-state index contributed by atoms with van der Waals surface area (Å²) in [6.07, 6.45) is 1.07. The molecule has 0 aromatic heterocycles. The van der Waals surface area contributed by atoms with E-state index in [0.717, 1.165) is 6.42 Å². The minimum Gasteiger partial charge on any atom is -0.0619 e. The molecule has 0 fully saturated rings. The van der Waals surface area contributed by atoms with Crippen LogP contribution in [0.4, 0.5) is 0 Å². The zero-order valence-corrected chi connectivity index (χ0v) is 13.4. The average molecular weight is 284 g/mol. The van der Waals surface area contributed by atoms with Crippen LogP contribution in [0.1, 0.15) is 27.8 Å². The predicted molar refractivity (Wildman–Crippen MR) is 94.3 cm³/mol. The Bertz CT molecular complexity index is 861. The average Bonchev–Trinajstić information content (AvgIpc) is 2.84. The maximum absolute atomic E-state index is 2.38. The van der Waals surface area contributed by atoms with E-state index in [2.05, 4.69) is 75.4 Å². The topological polar surface area (TPSA) is 0 Å². The summed E-state index contributed by atoms with van der Waals surface area (Å²) in [7, 11) is 0. The van der Waals surface area contributed by atoms with Crippen LogP contribution in [0.2, 0.25) is 0 Å². The summed E-state index contributed by atoms with van der Waals surface area (Å²) in [5, 5.41) is 0. The van der Waals surface area contributed by atoms with Gasteiger partial charge in [0.1, 0.15) is 0 Å². The van der Waals surface area contributed by atoms with Gasteiger partial charge in [-0.3, -0.25) is 0 Å². The minimum absolute atomic E-state index is 1.07. The summed E-state index contributed by atoms with van der Waals surface area (Å²) in [5.41, 5.74) is 12.5. The molecule has 0 heteroatoms. The van der Waals surface area contributed by atoms with Crippen molar-refractivity contribution in [2.24, 2.45) is 0 Å². The molecule has 108 valence electrons. The summed E-state index contributed by atoms with van der Waals surface area (Å²) in [4.78, 5) is 0. The zero-order valence-electron chi connectivity index (χ0n) is 13.4. The largest absolute Gasteiger partial charge is 0.0619 e. The Morgan fingerprint density at radius 1 is 0.682 bits per heavy atom. The van der Waals surface area contributed by atoms with E-state index < -0.39 is 0 Å². The normalized spacial score (nSPS) is 12.1. The van der Waals surface area contributed by atoms with Crippen molar-refractivity contribution in [2.45, 2.75) is 27.2 Å². The smallest absolute Gasteiger partial charge is 0.00134 e. The van der Waals surface area contributed by atoms with E-state index in [-0.39, 0.29) is 0 Å². The van der Waals surface area contributed by atoms with Crippen molar-refractivity contribution in [3.8, 4) is 22.3 Å². The van der Waals surface area contributed by atoms with Crippen molar-refractivity contribution in [3.63, 3.8) is 0 Å². The molecule has 1 aliphatic rings. The molecule has 0 bridgehead atoms. The van der Waals surface area contributed by atoms with E-state index in [9.17, 15) is 0 Å². The molecular weight excluding hydrogens is 264 g/mol. The Kier molecular flexibility index (Phi) is 2.94. The Morgan fingerprint density at radius 3 is 2.14 bits per heavy atom. The predicted octanol–water partition coefficient (Wildman–Crippen LogP) is 5.85. The summed E-state index contributed by atoms with van der Waals surface area (Å²) in [5.74, 6) is 0. The maximum atomic E-state index is 2.38. The number of fused-ring (bicyclic) bond motifs is 3. The van der Waals surface area contributed by atoms with Gasteiger partial charge in [-0.25, -0.2) is 0 Å². The van der Waals surface area contributed by atoms with Crippen molar-refractivity contribution in [2.75, 3.05) is 0 Å². The molecule has 0 radical (unpaired) electrons. The number of hydrogen-bond donors (Lipinski definition) is 0. The third-order valence-corrected chi connectivity index (χ3v) is 4.76. The Hall–Kier alpha value is -2.34. The van der Waals surface area contributed by atoms with Gasteiger partial charge in [-0.05, 0) is 77.8 Å². The van der Waals surface area contributed by atoms with Gasteiger partial charge in [0, 0.05) is 0 Å². The standard InChI is InChI=1S/C22H20/c1-14-10-15(2)22(16(3)11-14)19-9-8-18-12-17-6-4-5-7-20(17)21(18)13-19/h4-11,13H,12H2,1-3H3. The molecule has 0 aliphatic heterocycles. The molecule has 0 nitrogen and oxygen atoms in total. The minimum atomic E-state index is 1.07. The molecule has 0 atom stereocenters. The molecule has 0 unspecified atom stereocenters. The molecule has 0 N–H and O–H groups in total. The Labute approximate surface area is 132 Å². The van der Waals surface area contributed by atoms with Gasteiger partial charge in [0.25, 0.3) is 0 Å². The van der Waals surface area contributed by atoms with Gasteiger partial charge in [0.15, 0.2) is 0 Å². The van der Waals surface area contributed by atoms with Crippen molar-refractivity contribution < 1.29 is 0 Å². The van der Waals surface area contributed by atoms with Crippen molar-refractivity contribution >= 4 is 0 Å². The molecule has 0 heterocycles. The van der Waals surface area contributed by atoms with Gasteiger partial charge in [-0.2, -0.15) is 0 Å². The van der Waals surface area contributed by atoms with Crippen LogP contribution in [0.3, 0.4) is 0 Å². The van der Waals surface area contributed by atoms with Gasteiger partial charge in [0.2, 0.25) is 0 Å². The fourth-order valence-electron chi connectivity index (χ4n) is 3.91. The molecule has 0 spiro atoms. The second kappa shape index (κ2) is 4.84. The first kappa shape index (κ1) is 13.3. The lowest BCUT2D eigenvalue weighted by molar-refractivity contribution is 1.26. The molecular formula is C22H20. The lowest BCUT2D eigenvalue weighted by Crippen LogP contribution is -1.91. The Balaban J connectivity index is 1.91. The van der Waals surface area contributed by atoms with Crippen LogP contribution in [-0.4, -0.2) is 0 Å². The number of aryl methyl sites for hydroxylation is 3. The van der Waals surface area contributed by atoms with E-state index in [4.69, 9.17) is 0 Å². The molecule has 22 heavy (non-hydrogen) atoms. The van der Waals surface area contributed by atoms with Crippen LogP contribution in [0, 0.1) is 20.8 Å². The van der Waals surface area contributed by atoms with Crippen LogP contribution in [0.5, 0.6) is 0 Å². The fraction of sp³-hybridized carbons (Fsp3) is 0.182. The highest BCUT2D eigenvalue weighted by molar-refractivity contribution is 5.83. The third-order valence-electron chi connectivity index (χ3n) is 4.76. The summed E-state index contributed by atoms with van der Waals surface area (Å²) in [6, 6.07) is 20.3. The summed E-state index contributed by atoms with van der Waals surface area (Å²) >= 11 is 0. The van der Waals surface area contributed by atoms with E-state index in [1.54, 1.807) is 0 Å². The van der Waals surface area contributed by atoms with Gasteiger partial charge in [-0.1, -0.05) is 54.1 Å². The van der Waals surface area contributed by atoms with Crippen molar-refractivity contribution in [3.05, 3.63) is 82.4 Å². The second-order valence-electron chi connectivity index (χ2n) is 6.48. The monoisotopic (exact) mass is 284 g/mol. The van der Waals surface area contributed by atoms with E-state index in [1.165, 1.54) is 50.1 Å². The van der Waals surface area contributed by atoms with Crippen molar-refractivity contribution in [1.29, 1.82) is 0 Å². The van der Waals surface area contributed by atoms with Gasteiger partial charge in [0.05, 0.1) is 0 Å². The van der Waals surface area contributed by atoms with E-state index >= 15 is 0 Å². The first-order valence-corrected chi connectivity index (χ1v) is 7.93. The highest BCUT2D eigenvalue weighted by Gasteiger charge is 2.19. The highest BCUT2D eigenvalue weighted by Crippen LogP contribution is 2.39.